The zero-order valence-electron chi connectivity index (χ0n) is 9.15. The first-order chi connectivity index (χ1) is 7.68. The van der Waals surface area contributed by atoms with Crippen LogP contribution in [0.5, 0.6) is 0 Å². The molecule has 1 saturated carbocycles. The number of hydrogen-bond donors (Lipinski definition) is 2. The van der Waals surface area contributed by atoms with Crippen molar-refractivity contribution >= 4 is 10.0 Å². The largest absolute Gasteiger partial charge is 0.284 e. The molecular formula is C10H17N3O2S. The molecule has 1 heterocycles. The van der Waals surface area contributed by atoms with E-state index in [1.807, 2.05) is 0 Å². The molecule has 1 aliphatic rings. The first-order valence-electron chi connectivity index (χ1n) is 5.69. The van der Waals surface area contributed by atoms with Crippen LogP contribution in [0.2, 0.25) is 0 Å². The van der Waals surface area contributed by atoms with Gasteiger partial charge in [0, 0.05) is 12.2 Å². The Morgan fingerprint density at radius 2 is 1.94 bits per heavy atom. The zero-order chi connectivity index (χ0) is 11.4. The van der Waals surface area contributed by atoms with E-state index >= 15 is 0 Å². The van der Waals surface area contributed by atoms with Gasteiger partial charge in [-0.15, -0.1) is 0 Å². The number of H-pyrrole nitrogens is 1. The Kier molecular flexibility index (Phi) is 3.60. The van der Waals surface area contributed by atoms with Crippen molar-refractivity contribution in [3.8, 4) is 0 Å². The quantitative estimate of drug-likeness (QED) is 0.788. The molecule has 0 radical (unpaired) electrons. The van der Waals surface area contributed by atoms with Gasteiger partial charge in [0.1, 0.15) is 4.90 Å². The second-order valence-electron chi connectivity index (χ2n) is 4.24. The van der Waals surface area contributed by atoms with E-state index in [9.17, 15) is 8.42 Å². The molecule has 90 valence electrons. The molecule has 0 unspecified atom stereocenters. The number of sulfonamides is 1. The smallest absolute Gasteiger partial charge is 0.243 e. The van der Waals surface area contributed by atoms with Crippen molar-refractivity contribution < 1.29 is 8.42 Å². The third-order valence-corrected chi connectivity index (χ3v) is 4.45. The van der Waals surface area contributed by atoms with Crippen LogP contribution in [-0.4, -0.2) is 24.7 Å². The highest BCUT2D eigenvalue weighted by molar-refractivity contribution is 7.89. The Labute approximate surface area is 95.7 Å². The van der Waals surface area contributed by atoms with Crippen LogP contribution in [0.4, 0.5) is 0 Å². The predicted octanol–water partition coefficient (Wildman–Crippen LogP) is 1.41. The van der Waals surface area contributed by atoms with E-state index in [0.717, 1.165) is 25.7 Å². The van der Waals surface area contributed by atoms with Crippen molar-refractivity contribution in [1.29, 1.82) is 0 Å². The Balaban J connectivity index is 2.03. The van der Waals surface area contributed by atoms with E-state index in [2.05, 4.69) is 14.9 Å². The van der Waals surface area contributed by atoms with Gasteiger partial charge in [0.15, 0.2) is 0 Å². The van der Waals surface area contributed by atoms with Crippen LogP contribution in [0.15, 0.2) is 17.3 Å². The molecule has 1 fully saturated rings. The normalized spacial score (nSPS) is 19.5. The summed E-state index contributed by atoms with van der Waals surface area (Å²) in [6.45, 7) is 0. The topological polar surface area (TPSA) is 74.8 Å². The van der Waals surface area contributed by atoms with Crippen LogP contribution < -0.4 is 4.72 Å². The van der Waals surface area contributed by atoms with Crippen LogP contribution >= 0.6 is 0 Å². The number of nitrogens with zero attached hydrogens (tertiary/aromatic N) is 1. The molecule has 0 aromatic carbocycles. The highest BCUT2D eigenvalue weighted by Crippen LogP contribution is 2.19. The summed E-state index contributed by atoms with van der Waals surface area (Å²) in [5.74, 6) is 0. The maximum absolute atomic E-state index is 11.9. The molecule has 5 nitrogen and oxygen atoms in total. The lowest BCUT2D eigenvalue weighted by Crippen LogP contribution is -2.34. The molecule has 1 aromatic heterocycles. The molecule has 2 N–H and O–H groups in total. The van der Waals surface area contributed by atoms with Crippen LogP contribution in [0, 0.1) is 0 Å². The lowest BCUT2D eigenvalue weighted by Gasteiger charge is -2.15. The van der Waals surface area contributed by atoms with Crippen molar-refractivity contribution in [2.24, 2.45) is 0 Å². The molecular weight excluding hydrogens is 226 g/mol. The molecule has 2 rings (SSSR count). The fourth-order valence-corrected chi connectivity index (χ4v) is 3.28. The maximum Gasteiger partial charge on any atom is 0.243 e. The Morgan fingerprint density at radius 3 is 2.50 bits per heavy atom. The summed E-state index contributed by atoms with van der Waals surface area (Å²) in [6, 6.07) is 0.0856. The SMILES string of the molecule is O=S(=O)(NC1CCCCCC1)c1cn[nH]c1. The zero-order valence-corrected chi connectivity index (χ0v) is 9.96. The van der Waals surface area contributed by atoms with Crippen LogP contribution in [0.1, 0.15) is 38.5 Å². The summed E-state index contributed by atoms with van der Waals surface area (Å²) >= 11 is 0. The van der Waals surface area contributed by atoms with Gasteiger partial charge in [0.2, 0.25) is 10.0 Å². The Bertz CT molecular complexity index is 405. The first-order valence-corrected chi connectivity index (χ1v) is 7.18. The van der Waals surface area contributed by atoms with Gasteiger partial charge in [0.25, 0.3) is 0 Å². The number of hydrogen-bond acceptors (Lipinski definition) is 3. The molecule has 6 heteroatoms. The third-order valence-electron chi connectivity index (χ3n) is 2.96. The lowest BCUT2D eigenvalue weighted by molar-refractivity contribution is 0.510. The van der Waals surface area contributed by atoms with E-state index in [1.165, 1.54) is 25.2 Å². The summed E-state index contributed by atoms with van der Waals surface area (Å²) < 4.78 is 26.6. The minimum Gasteiger partial charge on any atom is -0.284 e. The first kappa shape index (κ1) is 11.6. The third kappa shape index (κ3) is 2.82. The van der Waals surface area contributed by atoms with Gasteiger partial charge in [-0.05, 0) is 12.8 Å². The van der Waals surface area contributed by atoms with Gasteiger partial charge in [-0.1, -0.05) is 25.7 Å². The van der Waals surface area contributed by atoms with Gasteiger partial charge < -0.3 is 0 Å². The molecule has 1 aromatic rings. The van der Waals surface area contributed by atoms with E-state index in [4.69, 9.17) is 0 Å². The maximum atomic E-state index is 11.9. The standard InChI is InChI=1S/C10H17N3O2S/c14-16(15,10-7-11-12-8-10)13-9-5-3-1-2-4-6-9/h7-9,13H,1-6H2,(H,11,12). The van der Waals surface area contributed by atoms with Crippen LogP contribution in [0.3, 0.4) is 0 Å². The average molecular weight is 243 g/mol. The molecule has 1 aliphatic carbocycles. The summed E-state index contributed by atoms with van der Waals surface area (Å²) in [5.41, 5.74) is 0. The molecule has 0 aliphatic heterocycles. The van der Waals surface area contributed by atoms with Gasteiger partial charge in [-0.25, -0.2) is 13.1 Å². The second kappa shape index (κ2) is 4.97. The number of nitrogens with one attached hydrogen (secondary N) is 2. The summed E-state index contributed by atoms with van der Waals surface area (Å²) in [7, 11) is -3.38. The fourth-order valence-electron chi connectivity index (χ4n) is 2.07. The molecule has 0 saturated heterocycles. The van der Waals surface area contributed by atoms with Crippen molar-refractivity contribution in [2.75, 3.05) is 0 Å². The van der Waals surface area contributed by atoms with Gasteiger partial charge in [0.05, 0.1) is 6.20 Å². The number of rotatable bonds is 3. The van der Waals surface area contributed by atoms with Crippen LogP contribution in [-0.2, 0) is 10.0 Å². The van der Waals surface area contributed by atoms with E-state index in [1.54, 1.807) is 0 Å². The minimum absolute atomic E-state index is 0.0856. The van der Waals surface area contributed by atoms with Gasteiger partial charge in [-0.3, -0.25) is 5.10 Å². The summed E-state index contributed by atoms with van der Waals surface area (Å²) in [5, 5.41) is 6.17. The fraction of sp³-hybridized carbons (Fsp3) is 0.700. The highest BCUT2D eigenvalue weighted by atomic mass is 32.2. The highest BCUT2D eigenvalue weighted by Gasteiger charge is 2.21. The Hall–Kier alpha value is -0.880. The number of aromatic amines is 1. The lowest BCUT2D eigenvalue weighted by atomic mass is 10.1. The van der Waals surface area contributed by atoms with E-state index in [-0.39, 0.29) is 10.9 Å². The average Bonchev–Trinajstić information content (AvgIpc) is 2.67. The van der Waals surface area contributed by atoms with Crippen molar-refractivity contribution in [2.45, 2.75) is 49.5 Å². The molecule has 16 heavy (non-hydrogen) atoms. The molecule has 0 amide bonds. The summed E-state index contributed by atoms with van der Waals surface area (Å²) in [6.07, 6.45) is 9.26. The van der Waals surface area contributed by atoms with Gasteiger partial charge in [-0.2, -0.15) is 5.10 Å². The predicted molar refractivity (Wildman–Crippen MR) is 60.4 cm³/mol. The minimum atomic E-state index is -3.38. The monoisotopic (exact) mass is 243 g/mol. The van der Waals surface area contributed by atoms with E-state index in [0.29, 0.717) is 0 Å². The summed E-state index contributed by atoms with van der Waals surface area (Å²) in [4.78, 5) is 0.219. The molecule has 0 spiro atoms. The van der Waals surface area contributed by atoms with E-state index < -0.39 is 10.0 Å². The van der Waals surface area contributed by atoms with Crippen molar-refractivity contribution in [1.82, 2.24) is 14.9 Å². The second-order valence-corrected chi connectivity index (χ2v) is 5.96. The number of aromatic nitrogens is 2. The Morgan fingerprint density at radius 1 is 1.25 bits per heavy atom. The van der Waals surface area contributed by atoms with Crippen molar-refractivity contribution in [3.05, 3.63) is 12.4 Å². The van der Waals surface area contributed by atoms with Crippen molar-refractivity contribution in [3.63, 3.8) is 0 Å². The van der Waals surface area contributed by atoms with Crippen LogP contribution in [0.25, 0.3) is 0 Å². The van der Waals surface area contributed by atoms with Gasteiger partial charge >= 0.3 is 0 Å². The molecule has 0 bridgehead atoms. The molecule has 0 atom stereocenters.